The van der Waals surface area contributed by atoms with E-state index < -0.39 is 0 Å². The van der Waals surface area contributed by atoms with Crippen LogP contribution in [0.25, 0.3) is 6.08 Å². The average molecular weight is 377 g/mol. The molecule has 0 bridgehead atoms. The first kappa shape index (κ1) is 18.4. The SMILES string of the molecule is CCOc1ccc(/C=C2\SC(=S)N(CN3CCCCCC3)C2=O)cc1. The molecule has 0 unspecified atom stereocenters. The Morgan fingerprint density at radius 2 is 1.84 bits per heavy atom. The van der Waals surface area contributed by atoms with E-state index in [1.54, 1.807) is 4.90 Å². The Morgan fingerprint density at radius 3 is 2.48 bits per heavy atom. The average Bonchev–Trinajstić information content (AvgIpc) is 2.80. The normalized spacial score (nSPS) is 21.0. The molecule has 0 atom stereocenters. The van der Waals surface area contributed by atoms with Crippen LogP contribution in [0, 0.1) is 0 Å². The van der Waals surface area contributed by atoms with E-state index in [2.05, 4.69) is 4.90 Å². The maximum atomic E-state index is 12.7. The van der Waals surface area contributed by atoms with Gasteiger partial charge in [-0.2, -0.15) is 0 Å². The van der Waals surface area contributed by atoms with Gasteiger partial charge in [0.1, 0.15) is 10.1 Å². The van der Waals surface area contributed by atoms with Crippen LogP contribution in [0.15, 0.2) is 29.2 Å². The third kappa shape index (κ3) is 4.84. The van der Waals surface area contributed by atoms with E-state index in [4.69, 9.17) is 17.0 Å². The van der Waals surface area contributed by atoms with Crippen molar-refractivity contribution in [3.05, 3.63) is 34.7 Å². The van der Waals surface area contributed by atoms with Crippen LogP contribution in [-0.2, 0) is 4.79 Å². The molecule has 2 aliphatic heterocycles. The van der Waals surface area contributed by atoms with Gasteiger partial charge < -0.3 is 4.74 Å². The summed E-state index contributed by atoms with van der Waals surface area (Å²) >= 11 is 6.84. The molecular formula is C19H24N2O2S2. The van der Waals surface area contributed by atoms with Crippen LogP contribution in [0.5, 0.6) is 5.75 Å². The van der Waals surface area contributed by atoms with Gasteiger partial charge in [0, 0.05) is 0 Å². The number of thiocarbonyl (C=S) groups is 1. The summed E-state index contributed by atoms with van der Waals surface area (Å²) in [5, 5.41) is 0. The standard InChI is InChI=1S/C19H24N2O2S2/c1-2-23-16-9-7-15(8-10-16)13-17-18(22)21(19(24)25-17)14-20-11-5-3-4-6-12-20/h7-10,13H,2-6,11-12,14H2,1H3/b17-13-. The van der Waals surface area contributed by atoms with Crippen molar-refractivity contribution in [2.24, 2.45) is 0 Å². The van der Waals surface area contributed by atoms with Crippen LogP contribution < -0.4 is 4.74 Å². The Hall–Kier alpha value is -1.37. The molecule has 3 rings (SSSR count). The second kappa shape index (κ2) is 8.83. The monoisotopic (exact) mass is 376 g/mol. The molecule has 0 N–H and O–H groups in total. The van der Waals surface area contributed by atoms with Gasteiger partial charge in [0.2, 0.25) is 0 Å². The zero-order valence-corrected chi connectivity index (χ0v) is 16.2. The Kier molecular flexibility index (Phi) is 6.51. The van der Waals surface area contributed by atoms with E-state index >= 15 is 0 Å². The highest BCUT2D eigenvalue weighted by molar-refractivity contribution is 8.26. The molecule has 1 aromatic rings. The van der Waals surface area contributed by atoms with Crippen molar-refractivity contribution in [1.82, 2.24) is 9.80 Å². The van der Waals surface area contributed by atoms with Gasteiger partial charge in [-0.25, -0.2) is 0 Å². The number of nitrogens with zero attached hydrogens (tertiary/aromatic N) is 2. The molecular weight excluding hydrogens is 352 g/mol. The van der Waals surface area contributed by atoms with Crippen LogP contribution in [0.3, 0.4) is 0 Å². The molecule has 2 aliphatic rings. The molecule has 0 spiro atoms. The smallest absolute Gasteiger partial charge is 0.267 e. The van der Waals surface area contributed by atoms with Gasteiger partial charge in [-0.1, -0.05) is 49.0 Å². The Bertz CT molecular complexity index is 650. The Balaban J connectivity index is 1.67. The molecule has 1 amide bonds. The van der Waals surface area contributed by atoms with Crippen molar-refractivity contribution in [2.45, 2.75) is 32.6 Å². The number of amides is 1. The number of likely N-dealkylation sites (tertiary alicyclic amines) is 1. The van der Waals surface area contributed by atoms with Gasteiger partial charge in [-0.15, -0.1) is 0 Å². The van der Waals surface area contributed by atoms with Crippen LogP contribution in [0.2, 0.25) is 0 Å². The number of hydrogen-bond donors (Lipinski definition) is 0. The number of benzene rings is 1. The minimum Gasteiger partial charge on any atom is -0.494 e. The molecule has 0 aliphatic carbocycles. The summed E-state index contributed by atoms with van der Waals surface area (Å²) in [5.41, 5.74) is 0.985. The molecule has 0 saturated carbocycles. The van der Waals surface area contributed by atoms with E-state index in [0.717, 1.165) is 24.4 Å². The van der Waals surface area contributed by atoms with Crippen molar-refractivity contribution in [3.63, 3.8) is 0 Å². The summed E-state index contributed by atoms with van der Waals surface area (Å²) in [7, 11) is 0. The van der Waals surface area contributed by atoms with Crippen LogP contribution in [0.4, 0.5) is 0 Å². The zero-order valence-electron chi connectivity index (χ0n) is 14.6. The largest absolute Gasteiger partial charge is 0.494 e. The predicted octanol–water partition coefficient (Wildman–Crippen LogP) is 4.12. The first-order valence-electron chi connectivity index (χ1n) is 8.88. The summed E-state index contributed by atoms with van der Waals surface area (Å²) in [6.07, 6.45) is 6.89. The van der Waals surface area contributed by atoms with Crippen molar-refractivity contribution in [1.29, 1.82) is 0 Å². The van der Waals surface area contributed by atoms with Gasteiger partial charge in [-0.3, -0.25) is 14.6 Å². The quantitative estimate of drug-likeness (QED) is 0.570. The van der Waals surface area contributed by atoms with Crippen LogP contribution in [0.1, 0.15) is 38.2 Å². The predicted molar refractivity (Wildman–Crippen MR) is 108 cm³/mol. The lowest BCUT2D eigenvalue weighted by molar-refractivity contribution is -0.123. The summed E-state index contributed by atoms with van der Waals surface area (Å²) < 4.78 is 6.11. The van der Waals surface area contributed by atoms with E-state index in [0.29, 0.717) is 22.5 Å². The van der Waals surface area contributed by atoms with Crippen LogP contribution in [-0.4, -0.2) is 46.4 Å². The topological polar surface area (TPSA) is 32.8 Å². The molecule has 6 heteroatoms. The van der Waals surface area contributed by atoms with Gasteiger partial charge in [0.05, 0.1) is 18.2 Å². The third-order valence-electron chi connectivity index (χ3n) is 4.40. The number of ether oxygens (including phenoxy) is 1. The fraction of sp³-hybridized carbons (Fsp3) is 0.474. The highest BCUT2D eigenvalue weighted by Gasteiger charge is 2.33. The van der Waals surface area contributed by atoms with E-state index in [-0.39, 0.29) is 5.91 Å². The van der Waals surface area contributed by atoms with Crippen molar-refractivity contribution in [3.8, 4) is 5.75 Å². The minimum absolute atomic E-state index is 0.0214. The van der Waals surface area contributed by atoms with Crippen molar-refractivity contribution in [2.75, 3.05) is 26.4 Å². The lowest BCUT2D eigenvalue weighted by Gasteiger charge is -2.25. The van der Waals surface area contributed by atoms with E-state index in [1.165, 1.54) is 37.4 Å². The fourth-order valence-electron chi connectivity index (χ4n) is 3.08. The first-order chi connectivity index (χ1) is 12.2. The third-order valence-corrected chi connectivity index (χ3v) is 5.78. The molecule has 2 heterocycles. The molecule has 134 valence electrons. The maximum absolute atomic E-state index is 12.7. The highest BCUT2D eigenvalue weighted by atomic mass is 32.2. The lowest BCUT2D eigenvalue weighted by Crippen LogP contribution is -2.40. The molecule has 25 heavy (non-hydrogen) atoms. The highest BCUT2D eigenvalue weighted by Crippen LogP contribution is 2.33. The number of thioether (sulfide) groups is 1. The lowest BCUT2D eigenvalue weighted by atomic mass is 10.2. The Morgan fingerprint density at radius 1 is 1.16 bits per heavy atom. The molecule has 0 radical (unpaired) electrons. The Labute approximate surface area is 159 Å². The molecule has 4 nitrogen and oxygen atoms in total. The number of carbonyl (C=O) groups excluding carboxylic acids is 1. The number of carbonyl (C=O) groups is 1. The molecule has 1 aromatic carbocycles. The van der Waals surface area contributed by atoms with Gasteiger partial charge in [0.25, 0.3) is 5.91 Å². The van der Waals surface area contributed by atoms with Crippen molar-refractivity contribution < 1.29 is 9.53 Å². The second-order valence-electron chi connectivity index (χ2n) is 6.29. The second-order valence-corrected chi connectivity index (χ2v) is 7.96. The molecule has 0 aromatic heterocycles. The number of rotatable bonds is 5. The first-order valence-corrected chi connectivity index (χ1v) is 10.1. The van der Waals surface area contributed by atoms with Gasteiger partial charge >= 0.3 is 0 Å². The van der Waals surface area contributed by atoms with Crippen molar-refractivity contribution >= 4 is 40.3 Å². The minimum atomic E-state index is 0.0214. The maximum Gasteiger partial charge on any atom is 0.267 e. The van der Waals surface area contributed by atoms with Crippen LogP contribution >= 0.6 is 24.0 Å². The van der Waals surface area contributed by atoms with Gasteiger partial charge in [-0.05, 0) is 56.6 Å². The zero-order chi connectivity index (χ0) is 17.6. The summed E-state index contributed by atoms with van der Waals surface area (Å²) in [6, 6.07) is 7.78. The molecule has 2 fully saturated rings. The summed E-state index contributed by atoms with van der Waals surface area (Å²) in [5.74, 6) is 0.862. The van der Waals surface area contributed by atoms with Gasteiger partial charge in [0.15, 0.2) is 0 Å². The summed E-state index contributed by atoms with van der Waals surface area (Å²) in [6.45, 7) is 5.33. The van der Waals surface area contributed by atoms with E-state index in [9.17, 15) is 4.79 Å². The summed E-state index contributed by atoms with van der Waals surface area (Å²) in [4.78, 5) is 17.5. The van der Waals surface area contributed by atoms with E-state index in [1.807, 2.05) is 37.3 Å². The number of hydrogen-bond acceptors (Lipinski definition) is 5. The fourth-order valence-corrected chi connectivity index (χ4v) is 4.32. The molecule has 2 saturated heterocycles.